The number of anilines is 1. The number of amides is 1. The normalized spacial score (nSPS) is 11.9. The van der Waals surface area contributed by atoms with Crippen molar-refractivity contribution >= 4 is 22.4 Å². The molecule has 7 heteroatoms. The molecule has 1 aliphatic heterocycles. The van der Waals surface area contributed by atoms with Crippen LogP contribution in [0.25, 0.3) is 0 Å². The summed E-state index contributed by atoms with van der Waals surface area (Å²) in [6, 6.07) is 14.4. The van der Waals surface area contributed by atoms with Crippen LogP contribution < -0.4 is 14.8 Å². The Morgan fingerprint density at radius 1 is 1.22 bits per heavy atom. The molecule has 1 aromatic heterocycles. The highest BCUT2D eigenvalue weighted by Crippen LogP contribution is 2.34. The molecule has 4 rings (SSSR count). The Morgan fingerprint density at radius 3 is 2.78 bits per heavy atom. The van der Waals surface area contributed by atoms with Crippen molar-refractivity contribution in [1.29, 1.82) is 5.26 Å². The summed E-state index contributed by atoms with van der Waals surface area (Å²) in [5.74, 6) is 1.27. The van der Waals surface area contributed by atoms with E-state index in [1.54, 1.807) is 24.3 Å². The van der Waals surface area contributed by atoms with Crippen LogP contribution in [-0.4, -0.2) is 17.7 Å². The van der Waals surface area contributed by atoms with Crippen molar-refractivity contribution in [3.63, 3.8) is 0 Å². The van der Waals surface area contributed by atoms with Gasteiger partial charge in [-0.25, -0.2) is 4.98 Å². The van der Waals surface area contributed by atoms with Crippen molar-refractivity contribution < 1.29 is 14.3 Å². The van der Waals surface area contributed by atoms with E-state index in [4.69, 9.17) is 14.7 Å². The highest BCUT2D eigenvalue weighted by Gasteiger charge is 2.16. The first-order valence-electron chi connectivity index (χ1n) is 8.29. The summed E-state index contributed by atoms with van der Waals surface area (Å²) in [5.41, 5.74) is 2.98. The molecular formula is C20H15N3O3S. The number of benzene rings is 2. The first-order chi connectivity index (χ1) is 13.1. The number of nitriles is 1. The van der Waals surface area contributed by atoms with Gasteiger partial charge in [0.05, 0.1) is 17.3 Å². The predicted molar refractivity (Wildman–Crippen MR) is 101 cm³/mol. The zero-order chi connectivity index (χ0) is 18.8. The zero-order valence-corrected chi connectivity index (χ0v) is 15.3. The smallest absolute Gasteiger partial charge is 0.257 e. The average molecular weight is 377 g/mol. The lowest BCUT2D eigenvalue weighted by molar-refractivity contribution is 0.102. The minimum absolute atomic E-state index is 0.247. The van der Waals surface area contributed by atoms with Gasteiger partial charge in [-0.05, 0) is 48.9 Å². The number of thiazole rings is 1. The zero-order valence-electron chi connectivity index (χ0n) is 14.5. The van der Waals surface area contributed by atoms with E-state index >= 15 is 0 Å². The quantitative estimate of drug-likeness (QED) is 0.745. The van der Waals surface area contributed by atoms with Gasteiger partial charge in [-0.1, -0.05) is 6.07 Å². The standard InChI is InChI=1S/C20H15N3O3S/c1-12-18(9-14-4-7-16-17(8-14)26-11-25-16)27-20(22-12)23-19(24)15-5-2-13(10-21)3-6-15/h2-8H,9,11H2,1H3,(H,22,23,24). The van der Waals surface area contributed by atoms with E-state index in [1.165, 1.54) is 11.3 Å². The number of aryl methyl sites for hydroxylation is 1. The number of carbonyl (C=O) groups is 1. The van der Waals surface area contributed by atoms with Gasteiger partial charge >= 0.3 is 0 Å². The van der Waals surface area contributed by atoms with Crippen molar-refractivity contribution in [2.75, 3.05) is 12.1 Å². The van der Waals surface area contributed by atoms with Crippen molar-refractivity contribution in [3.8, 4) is 17.6 Å². The van der Waals surface area contributed by atoms with Crippen LogP contribution in [0.4, 0.5) is 5.13 Å². The SMILES string of the molecule is Cc1nc(NC(=O)c2ccc(C#N)cc2)sc1Cc1ccc2c(c1)OCO2. The Labute approximate surface area is 160 Å². The fraction of sp³-hybridized carbons (Fsp3) is 0.150. The van der Waals surface area contributed by atoms with E-state index in [0.717, 1.165) is 27.6 Å². The predicted octanol–water partition coefficient (Wildman–Crippen LogP) is 3.90. The van der Waals surface area contributed by atoms with Gasteiger partial charge in [0.1, 0.15) is 0 Å². The molecule has 0 radical (unpaired) electrons. The molecule has 2 heterocycles. The second kappa shape index (κ2) is 7.09. The molecule has 0 spiro atoms. The number of hydrogen-bond donors (Lipinski definition) is 1. The Morgan fingerprint density at radius 2 is 2.00 bits per heavy atom. The van der Waals surface area contributed by atoms with Gasteiger partial charge < -0.3 is 9.47 Å². The van der Waals surface area contributed by atoms with Crippen LogP contribution in [0.5, 0.6) is 11.5 Å². The second-order valence-electron chi connectivity index (χ2n) is 6.04. The van der Waals surface area contributed by atoms with E-state index in [9.17, 15) is 4.79 Å². The van der Waals surface area contributed by atoms with E-state index in [1.807, 2.05) is 31.2 Å². The molecule has 1 aliphatic rings. The van der Waals surface area contributed by atoms with Crippen molar-refractivity contribution in [2.45, 2.75) is 13.3 Å². The van der Waals surface area contributed by atoms with Gasteiger partial charge in [0.15, 0.2) is 16.6 Å². The molecule has 27 heavy (non-hydrogen) atoms. The third-order valence-corrected chi connectivity index (χ3v) is 5.26. The molecule has 6 nitrogen and oxygen atoms in total. The van der Waals surface area contributed by atoms with Crippen molar-refractivity contribution in [1.82, 2.24) is 4.98 Å². The molecule has 0 fully saturated rings. The summed E-state index contributed by atoms with van der Waals surface area (Å²) in [4.78, 5) is 17.9. The Kier molecular flexibility index (Phi) is 4.48. The minimum atomic E-state index is -0.247. The van der Waals surface area contributed by atoms with E-state index in [0.29, 0.717) is 22.7 Å². The number of carbonyl (C=O) groups excluding carboxylic acids is 1. The maximum atomic E-state index is 12.4. The van der Waals surface area contributed by atoms with E-state index in [2.05, 4.69) is 10.3 Å². The van der Waals surface area contributed by atoms with Crippen LogP contribution in [-0.2, 0) is 6.42 Å². The minimum Gasteiger partial charge on any atom is -0.454 e. The number of ether oxygens (including phenoxy) is 2. The first-order valence-corrected chi connectivity index (χ1v) is 9.10. The third kappa shape index (κ3) is 3.61. The van der Waals surface area contributed by atoms with Crippen LogP contribution in [0.1, 0.15) is 32.1 Å². The molecule has 0 unspecified atom stereocenters. The summed E-state index contributed by atoms with van der Waals surface area (Å²) in [6.07, 6.45) is 0.701. The van der Waals surface area contributed by atoms with Gasteiger partial charge in [-0.2, -0.15) is 5.26 Å². The van der Waals surface area contributed by atoms with Gasteiger partial charge in [0.2, 0.25) is 6.79 Å². The maximum absolute atomic E-state index is 12.4. The number of hydrogen-bond acceptors (Lipinski definition) is 6. The van der Waals surface area contributed by atoms with Crippen LogP contribution in [0.3, 0.4) is 0 Å². The topological polar surface area (TPSA) is 84.2 Å². The number of nitrogens with zero attached hydrogens (tertiary/aromatic N) is 2. The lowest BCUT2D eigenvalue weighted by Crippen LogP contribution is -2.11. The van der Waals surface area contributed by atoms with Crippen LogP contribution in [0, 0.1) is 18.3 Å². The molecule has 0 bridgehead atoms. The molecule has 0 saturated heterocycles. The average Bonchev–Trinajstić information content (AvgIpc) is 3.28. The highest BCUT2D eigenvalue weighted by atomic mass is 32.1. The summed E-state index contributed by atoms with van der Waals surface area (Å²) in [5, 5.41) is 12.2. The van der Waals surface area contributed by atoms with Gasteiger partial charge in [-0.15, -0.1) is 11.3 Å². The molecular weight excluding hydrogens is 362 g/mol. The third-order valence-electron chi connectivity index (χ3n) is 4.19. The molecule has 0 saturated carbocycles. The van der Waals surface area contributed by atoms with Crippen LogP contribution in [0.15, 0.2) is 42.5 Å². The molecule has 1 N–H and O–H groups in total. The van der Waals surface area contributed by atoms with Crippen LogP contribution >= 0.6 is 11.3 Å². The fourth-order valence-corrected chi connectivity index (χ4v) is 3.74. The van der Waals surface area contributed by atoms with Gasteiger partial charge in [0.25, 0.3) is 5.91 Å². The van der Waals surface area contributed by atoms with E-state index < -0.39 is 0 Å². The number of fused-ring (bicyclic) bond motifs is 1. The summed E-state index contributed by atoms with van der Waals surface area (Å²) >= 11 is 1.45. The fourth-order valence-electron chi connectivity index (χ4n) is 2.75. The van der Waals surface area contributed by atoms with Crippen LogP contribution in [0.2, 0.25) is 0 Å². The summed E-state index contributed by atoms with van der Waals surface area (Å²) < 4.78 is 10.8. The molecule has 1 amide bonds. The van der Waals surface area contributed by atoms with E-state index in [-0.39, 0.29) is 12.7 Å². The Bertz CT molecular complexity index is 1050. The first kappa shape index (κ1) is 17.1. The summed E-state index contributed by atoms with van der Waals surface area (Å²) in [6.45, 7) is 2.18. The Balaban J connectivity index is 1.47. The molecule has 0 atom stereocenters. The molecule has 0 aliphatic carbocycles. The Hall–Kier alpha value is -3.37. The maximum Gasteiger partial charge on any atom is 0.257 e. The highest BCUT2D eigenvalue weighted by molar-refractivity contribution is 7.15. The van der Waals surface area contributed by atoms with Gasteiger partial charge in [0, 0.05) is 16.9 Å². The largest absolute Gasteiger partial charge is 0.454 e. The number of nitrogens with one attached hydrogen (secondary N) is 1. The lowest BCUT2D eigenvalue weighted by Gasteiger charge is -2.02. The summed E-state index contributed by atoms with van der Waals surface area (Å²) in [7, 11) is 0. The second-order valence-corrected chi connectivity index (χ2v) is 7.12. The molecule has 134 valence electrons. The van der Waals surface area contributed by atoms with Gasteiger partial charge in [-0.3, -0.25) is 10.1 Å². The van der Waals surface area contributed by atoms with Crippen molar-refractivity contribution in [2.24, 2.45) is 0 Å². The van der Waals surface area contributed by atoms with Crippen molar-refractivity contribution in [3.05, 3.63) is 69.7 Å². The monoisotopic (exact) mass is 377 g/mol. The molecule has 2 aromatic carbocycles. The number of rotatable bonds is 4. The lowest BCUT2D eigenvalue weighted by atomic mass is 10.1. The number of aromatic nitrogens is 1. The molecule has 3 aromatic rings.